The topological polar surface area (TPSA) is 43.1 Å². The van der Waals surface area contributed by atoms with Crippen LogP contribution in [0.3, 0.4) is 0 Å². The van der Waals surface area contributed by atoms with Gasteiger partial charge in [0.05, 0.1) is 10.7 Å². The molecule has 0 heterocycles. The van der Waals surface area contributed by atoms with Crippen molar-refractivity contribution in [2.75, 3.05) is 5.73 Å². The highest BCUT2D eigenvalue weighted by Crippen LogP contribution is 2.24. The fourth-order valence-corrected chi connectivity index (χ4v) is 1.75. The molecule has 0 saturated carbocycles. The van der Waals surface area contributed by atoms with Gasteiger partial charge in [-0.2, -0.15) is 0 Å². The van der Waals surface area contributed by atoms with Crippen molar-refractivity contribution >= 4 is 23.1 Å². The molecule has 0 saturated heterocycles. The quantitative estimate of drug-likeness (QED) is 0.669. The van der Waals surface area contributed by atoms with E-state index in [4.69, 9.17) is 17.3 Å². The number of carbonyl (C=O) groups excluding carboxylic acids is 1. The smallest absolute Gasteiger partial charge is 0.196 e. The van der Waals surface area contributed by atoms with Gasteiger partial charge in [-0.3, -0.25) is 4.79 Å². The number of rotatable bonds is 2. The van der Waals surface area contributed by atoms with Crippen molar-refractivity contribution in [1.82, 2.24) is 0 Å². The van der Waals surface area contributed by atoms with Gasteiger partial charge in [-0.1, -0.05) is 17.7 Å². The molecule has 2 rings (SSSR count). The molecule has 92 valence electrons. The summed E-state index contributed by atoms with van der Waals surface area (Å²) >= 11 is 5.81. The average Bonchev–Trinajstić information content (AvgIpc) is 2.35. The summed E-state index contributed by atoms with van der Waals surface area (Å²) in [7, 11) is 0. The molecule has 0 radical (unpaired) electrons. The lowest BCUT2D eigenvalue weighted by Gasteiger charge is -2.07. The number of anilines is 1. The van der Waals surface area contributed by atoms with Crippen LogP contribution in [0.25, 0.3) is 0 Å². The second-order valence-electron chi connectivity index (χ2n) is 3.65. The number of nitrogen functional groups attached to an aromatic ring is 1. The zero-order chi connectivity index (χ0) is 13.3. The van der Waals surface area contributed by atoms with Crippen molar-refractivity contribution in [3.63, 3.8) is 0 Å². The van der Waals surface area contributed by atoms with E-state index >= 15 is 0 Å². The molecule has 0 aliphatic carbocycles. The Morgan fingerprint density at radius 3 is 2.56 bits per heavy atom. The monoisotopic (exact) mass is 267 g/mol. The Morgan fingerprint density at radius 2 is 1.83 bits per heavy atom. The molecule has 2 nitrogen and oxygen atoms in total. The second-order valence-corrected chi connectivity index (χ2v) is 4.06. The lowest BCUT2D eigenvalue weighted by atomic mass is 10.0. The molecule has 0 aliphatic rings. The van der Waals surface area contributed by atoms with Crippen molar-refractivity contribution in [2.45, 2.75) is 0 Å². The normalized spacial score (nSPS) is 10.4. The van der Waals surface area contributed by atoms with Gasteiger partial charge in [0.2, 0.25) is 0 Å². The minimum atomic E-state index is -0.701. The highest BCUT2D eigenvalue weighted by molar-refractivity contribution is 6.35. The lowest BCUT2D eigenvalue weighted by molar-refractivity contribution is 0.103. The number of ketones is 1. The maximum Gasteiger partial charge on any atom is 0.196 e. The van der Waals surface area contributed by atoms with Gasteiger partial charge in [0.25, 0.3) is 0 Å². The number of halogens is 3. The molecule has 0 amide bonds. The first-order valence-electron chi connectivity index (χ1n) is 5.04. The molecule has 2 aromatic rings. The number of hydrogen-bond acceptors (Lipinski definition) is 2. The maximum atomic E-state index is 13.3. The first-order chi connectivity index (χ1) is 8.50. The van der Waals surface area contributed by atoms with Crippen LogP contribution in [0.15, 0.2) is 36.4 Å². The van der Waals surface area contributed by atoms with E-state index in [0.717, 1.165) is 18.2 Å². The van der Waals surface area contributed by atoms with Crippen LogP contribution in [0.5, 0.6) is 0 Å². The minimum absolute atomic E-state index is 0.0394. The third kappa shape index (κ3) is 2.19. The number of benzene rings is 2. The van der Waals surface area contributed by atoms with Gasteiger partial charge in [0, 0.05) is 11.1 Å². The van der Waals surface area contributed by atoms with Crippen molar-refractivity contribution in [3.05, 3.63) is 64.2 Å². The Morgan fingerprint density at radius 1 is 1.11 bits per heavy atom. The predicted octanol–water partition coefficient (Wildman–Crippen LogP) is 3.43. The van der Waals surface area contributed by atoms with Crippen LogP contribution in [0.1, 0.15) is 15.9 Å². The van der Waals surface area contributed by atoms with Crippen LogP contribution in [0.2, 0.25) is 5.02 Å². The van der Waals surface area contributed by atoms with E-state index in [-0.39, 0.29) is 21.8 Å². The van der Waals surface area contributed by atoms with Crippen molar-refractivity contribution < 1.29 is 13.6 Å². The second kappa shape index (κ2) is 4.74. The largest absolute Gasteiger partial charge is 0.396 e. The van der Waals surface area contributed by atoms with E-state index in [1.165, 1.54) is 18.2 Å². The molecule has 2 aromatic carbocycles. The number of para-hydroxylation sites is 1. The van der Waals surface area contributed by atoms with Gasteiger partial charge < -0.3 is 5.73 Å². The lowest BCUT2D eigenvalue weighted by Crippen LogP contribution is -2.07. The summed E-state index contributed by atoms with van der Waals surface area (Å²) in [6.45, 7) is 0. The van der Waals surface area contributed by atoms with E-state index in [1.54, 1.807) is 0 Å². The molecule has 0 atom stereocenters. The van der Waals surface area contributed by atoms with Crippen molar-refractivity contribution in [2.24, 2.45) is 0 Å². The summed E-state index contributed by atoms with van der Waals surface area (Å²) < 4.78 is 26.3. The summed E-state index contributed by atoms with van der Waals surface area (Å²) in [5.41, 5.74) is 5.11. The number of hydrogen-bond donors (Lipinski definition) is 1. The summed E-state index contributed by atoms with van der Waals surface area (Å²) in [6, 6.07) is 7.25. The highest BCUT2D eigenvalue weighted by atomic mass is 35.5. The van der Waals surface area contributed by atoms with Crippen LogP contribution in [0.4, 0.5) is 14.5 Å². The van der Waals surface area contributed by atoms with Gasteiger partial charge in [-0.15, -0.1) is 0 Å². The molecule has 0 unspecified atom stereocenters. The molecular formula is C13H8ClF2NO. The molecule has 0 aromatic heterocycles. The Labute approximate surface area is 107 Å². The zero-order valence-electron chi connectivity index (χ0n) is 9.08. The van der Waals surface area contributed by atoms with E-state index in [0.29, 0.717) is 0 Å². The molecule has 0 spiro atoms. The third-order valence-corrected chi connectivity index (χ3v) is 2.80. The van der Waals surface area contributed by atoms with Crippen LogP contribution < -0.4 is 5.73 Å². The average molecular weight is 268 g/mol. The van der Waals surface area contributed by atoms with E-state index in [2.05, 4.69) is 0 Å². The Balaban J connectivity index is 2.55. The van der Waals surface area contributed by atoms with E-state index < -0.39 is 17.4 Å². The molecule has 0 fully saturated rings. The first kappa shape index (κ1) is 12.5. The summed E-state index contributed by atoms with van der Waals surface area (Å²) in [5.74, 6) is -1.91. The van der Waals surface area contributed by atoms with Crippen LogP contribution >= 0.6 is 11.6 Å². The highest BCUT2D eigenvalue weighted by Gasteiger charge is 2.17. The maximum absolute atomic E-state index is 13.3. The SMILES string of the molecule is Nc1c(F)cccc1C(=O)c1cc(F)ccc1Cl. The minimum Gasteiger partial charge on any atom is -0.396 e. The van der Waals surface area contributed by atoms with Gasteiger partial charge in [-0.05, 0) is 30.3 Å². The Kier molecular flexibility index (Phi) is 3.30. The fraction of sp³-hybridized carbons (Fsp3) is 0. The molecule has 18 heavy (non-hydrogen) atoms. The first-order valence-corrected chi connectivity index (χ1v) is 5.42. The van der Waals surface area contributed by atoms with Gasteiger partial charge in [0.1, 0.15) is 11.6 Å². The molecule has 0 bridgehead atoms. The van der Waals surface area contributed by atoms with Gasteiger partial charge in [-0.25, -0.2) is 8.78 Å². The van der Waals surface area contributed by atoms with Crippen molar-refractivity contribution in [1.29, 1.82) is 0 Å². The van der Waals surface area contributed by atoms with Gasteiger partial charge >= 0.3 is 0 Å². The zero-order valence-corrected chi connectivity index (χ0v) is 9.84. The summed E-state index contributed by atoms with van der Waals surface area (Å²) in [4.78, 5) is 12.1. The molecule has 5 heteroatoms. The van der Waals surface area contributed by atoms with E-state index in [1.807, 2.05) is 0 Å². The van der Waals surface area contributed by atoms with Gasteiger partial charge in [0.15, 0.2) is 5.78 Å². The fourth-order valence-electron chi connectivity index (χ4n) is 1.55. The van der Waals surface area contributed by atoms with Crippen molar-refractivity contribution in [3.8, 4) is 0 Å². The number of carbonyl (C=O) groups is 1. The summed E-state index contributed by atoms with van der Waals surface area (Å²) in [5, 5.41) is 0.0880. The Hall–Kier alpha value is -1.94. The molecular weight excluding hydrogens is 260 g/mol. The standard InChI is InChI=1S/C13H8ClF2NO/c14-10-5-4-7(15)6-9(10)13(18)8-2-1-3-11(16)12(8)17/h1-6H,17H2. The predicted molar refractivity (Wildman–Crippen MR) is 65.7 cm³/mol. The third-order valence-electron chi connectivity index (χ3n) is 2.47. The number of nitrogens with two attached hydrogens (primary N) is 1. The molecule has 2 N–H and O–H groups in total. The molecule has 0 aliphatic heterocycles. The van der Waals surface area contributed by atoms with E-state index in [9.17, 15) is 13.6 Å². The van der Waals surface area contributed by atoms with Crippen LogP contribution in [0, 0.1) is 11.6 Å². The Bertz CT molecular complexity index is 624. The van der Waals surface area contributed by atoms with Crippen LogP contribution in [-0.2, 0) is 0 Å². The summed E-state index contributed by atoms with van der Waals surface area (Å²) in [6.07, 6.45) is 0. The van der Waals surface area contributed by atoms with Crippen LogP contribution in [-0.4, -0.2) is 5.78 Å².